The number of fused-ring (bicyclic) bond motifs is 1. The Kier molecular flexibility index (Phi) is 8.67. The molecule has 1 aromatic carbocycles. The number of hydrogen-bond acceptors (Lipinski definition) is 6. The minimum atomic E-state index is -1.23. The van der Waals surface area contributed by atoms with Crippen LogP contribution in [0.25, 0.3) is 0 Å². The van der Waals surface area contributed by atoms with Crippen molar-refractivity contribution in [3.05, 3.63) is 29.8 Å². The molecule has 3 rings (SSSR count). The molecule has 2 atom stereocenters. The highest BCUT2D eigenvalue weighted by Crippen LogP contribution is 2.19. The van der Waals surface area contributed by atoms with Crippen molar-refractivity contribution in [3.8, 4) is 5.75 Å². The third-order valence-corrected chi connectivity index (χ3v) is 5.88. The molecule has 1 aromatic rings. The van der Waals surface area contributed by atoms with Crippen LogP contribution >= 0.6 is 0 Å². The number of carbonyl (C=O) groups is 5. The predicted molar refractivity (Wildman–Crippen MR) is 126 cm³/mol. The van der Waals surface area contributed by atoms with Gasteiger partial charge >= 0.3 is 0 Å². The number of amides is 5. The lowest BCUT2D eigenvalue weighted by atomic mass is 10.0. The molecule has 35 heavy (non-hydrogen) atoms. The summed E-state index contributed by atoms with van der Waals surface area (Å²) < 4.78 is 5.79. The number of piperazine rings is 1. The van der Waals surface area contributed by atoms with Crippen LogP contribution in [0.3, 0.4) is 0 Å². The number of benzene rings is 1. The van der Waals surface area contributed by atoms with Gasteiger partial charge in [-0.15, -0.1) is 0 Å². The standard InChI is InChI=1S/C24H33N5O6/c1-15(2)12-17-23(33)28(3)10-11-35-19-7-5-4-6-16(19)22(32)27-18(13-20(30)26-17)24(34)29-9-8-25-21(31)14-29/h4-7,15,17-18H,8-14H2,1-3H3,(H,25,31)(H,26,30)(H,27,32)/t17-,18+/m1/s1. The Hall–Kier alpha value is -3.63. The quantitative estimate of drug-likeness (QED) is 0.527. The van der Waals surface area contributed by atoms with Crippen molar-refractivity contribution in [2.75, 3.05) is 39.8 Å². The maximum Gasteiger partial charge on any atom is 0.255 e. The van der Waals surface area contributed by atoms with Crippen molar-refractivity contribution in [3.63, 3.8) is 0 Å². The fraction of sp³-hybridized carbons (Fsp3) is 0.542. The van der Waals surface area contributed by atoms with Gasteiger partial charge in [-0.3, -0.25) is 24.0 Å². The van der Waals surface area contributed by atoms with Crippen LogP contribution in [-0.4, -0.2) is 91.3 Å². The Bertz CT molecular complexity index is 981. The van der Waals surface area contributed by atoms with E-state index in [0.29, 0.717) is 12.2 Å². The molecule has 3 N–H and O–H groups in total. The molecular formula is C24H33N5O6. The summed E-state index contributed by atoms with van der Waals surface area (Å²) in [6.07, 6.45) is 0.0349. The van der Waals surface area contributed by atoms with E-state index in [4.69, 9.17) is 4.74 Å². The van der Waals surface area contributed by atoms with E-state index in [9.17, 15) is 24.0 Å². The Balaban J connectivity index is 1.92. The lowest BCUT2D eigenvalue weighted by molar-refractivity contribution is -0.141. The van der Waals surface area contributed by atoms with Gasteiger partial charge in [0.15, 0.2) is 0 Å². The van der Waals surface area contributed by atoms with E-state index in [2.05, 4.69) is 16.0 Å². The van der Waals surface area contributed by atoms with Crippen LogP contribution in [0.15, 0.2) is 24.3 Å². The lowest BCUT2D eigenvalue weighted by Crippen LogP contribution is -2.57. The number of nitrogens with zero attached hydrogens (tertiary/aromatic N) is 2. The minimum absolute atomic E-state index is 0.128. The monoisotopic (exact) mass is 487 g/mol. The largest absolute Gasteiger partial charge is 0.491 e. The fourth-order valence-electron chi connectivity index (χ4n) is 4.06. The number of nitrogens with one attached hydrogen (secondary N) is 3. The van der Waals surface area contributed by atoms with E-state index in [1.165, 1.54) is 9.80 Å². The second-order valence-electron chi connectivity index (χ2n) is 9.19. The first-order valence-electron chi connectivity index (χ1n) is 11.8. The van der Waals surface area contributed by atoms with Crippen LogP contribution in [0.1, 0.15) is 37.0 Å². The van der Waals surface area contributed by atoms with Gasteiger partial charge in [0, 0.05) is 20.1 Å². The third kappa shape index (κ3) is 6.93. The zero-order valence-corrected chi connectivity index (χ0v) is 20.3. The highest BCUT2D eigenvalue weighted by atomic mass is 16.5. The molecule has 1 fully saturated rings. The summed E-state index contributed by atoms with van der Waals surface area (Å²) in [6.45, 7) is 4.67. The van der Waals surface area contributed by atoms with Gasteiger partial charge in [-0.25, -0.2) is 0 Å². The van der Waals surface area contributed by atoms with Gasteiger partial charge < -0.3 is 30.5 Å². The van der Waals surface area contributed by atoms with Crippen molar-refractivity contribution in [1.82, 2.24) is 25.8 Å². The van der Waals surface area contributed by atoms with Gasteiger partial charge in [0.05, 0.1) is 25.1 Å². The van der Waals surface area contributed by atoms with E-state index < -0.39 is 29.8 Å². The van der Waals surface area contributed by atoms with Gasteiger partial charge in [0.25, 0.3) is 5.91 Å². The zero-order valence-electron chi connectivity index (χ0n) is 20.3. The van der Waals surface area contributed by atoms with Gasteiger partial charge in [0.2, 0.25) is 23.6 Å². The average molecular weight is 488 g/mol. The molecule has 0 aliphatic carbocycles. The molecule has 190 valence electrons. The van der Waals surface area contributed by atoms with Crippen LogP contribution in [0.5, 0.6) is 5.75 Å². The van der Waals surface area contributed by atoms with Crippen molar-refractivity contribution in [2.24, 2.45) is 5.92 Å². The molecule has 11 heteroatoms. The summed E-state index contributed by atoms with van der Waals surface area (Å²) in [5, 5.41) is 8.03. The average Bonchev–Trinajstić information content (AvgIpc) is 2.81. The smallest absolute Gasteiger partial charge is 0.255 e. The van der Waals surface area contributed by atoms with Gasteiger partial charge in [0.1, 0.15) is 24.4 Å². The molecular weight excluding hydrogens is 454 g/mol. The summed E-state index contributed by atoms with van der Waals surface area (Å²) in [5.74, 6) is -1.81. The lowest BCUT2D eigenvalue weighted by Gasteiger charge is -2.31. The SMILES string of the molecule is CC(C)C[C@H]1NC(=O)C[C@@H](C(=O)N2CCNC(=O)C2)NC(=O)c2ccccc2OCCN(C)C1=O. The highest BCUT2D eigenvalue weighted by molar-refractivity contribution is 6.01. The molecule has 0 radical (unpaired) electrons. The number of ether oxygens (including phenoxy) is 1. The molecule has 11 nitrogen and oxygen atoms in total. The molecule has 2 heterocycles. The molecule has 0 aromatic heterocycles. The second-order valence-corrected chi connectivity index (χ2v) is 9.19. The summed E-state index contributed by atoms with van der Waals surface area (Å²) in [5.41, 5.74) is 0.200. The first-order chi connectivity index (χ1) is 16.7. The van der Waals surface area contributed by atoms with Crippen LogP contribution in [0.2, 0.25) is 0 Å². The summed E-state index contributed by atoms with van der Waals surface area (Å²) >= 11 is 0. The molecule has 5 amide bonds. The summed E-state index contributed by atoms with van der Waals surface area (Å²) in [6, 6.07) is 4.55. The van der Waals surface area contributed by atoms with Crippen LogP contribution in [-0.2, 0) is 19.2 Å². The number of likely N-dealkylation sites (N-methyl/N-ethyl adjacent to an activating group) is 1. The van der Waals surface area contributed by atoms with E-state index in [1.807, 2.05) is 13.8 Å². The topological polar surface area (TPSA) is 137 Å². The van der Waals surface area contributed by atoms with Gasteiger partial charge in [-0.1, -0.05) is 26.0 Å². The Morgan fingerprint density at radius 1 is 1.09 bits per heavy atom. The summed E-state index contributed by atoms with van der Waals surface area (Å²) in [4.78, 5) is 67.1. The van der Waals surface area contributed by atoms with Gasteiger partial charge in [-0.05, 0) is 24.5 Å². The first-order valence-corrected chi connectivity index (χ1v) is 11.8. The molecule has 0 spiro atoms. The minimum Gasteiger partial charge on any atom is -0.491 e. The third-order valence-electron chi connectivity index (χ3n) is 5.88. The Morgan fingerprint density at radius 3 is 2.54 bits per heavy atom. The number of hydrogen-bond donors (Lipinski definition) is 3. The number of carbonyl (C=O) groups excluding carboxylic acids is 5. The van der Waals surface area contributed by atoms with Crippen molar-refractivity contribution in [1.29, 1.82) is 0 Å². The molecule has 0 bridgehead atoms. The van der Waals surface area contributed by atoms with Crippen molar-refractivity contribution >= 4 is 29.5 Å². The van der Waals surface area contributed by atoms with Crippen molar-refractivity contribution < 1.29 is 28.7 Å². The Morgan fingerprint density at radius 2 is 1.83 bits per heavy atom. The van der Waals surface area contributed by atoms with E-state index in [1.54, 1.807) is 31.3 Å². The maximum absolute atomic E-state index is 13.3. The maximum atomic E-state index is 13.3. The second kappa shape index (κ2) is 11.7. The van der Waals surface area contributed by atoms with Gasteiger partial charge in [-0.2, -0.15) is 0 Å². The zero-order chi connectivity index (χ0) is 25.5. The molecule has 1 saturated heterocycles. The van der Waals surface area contributed by atoms with E-state index in [-0.39, 0.29) is 62.5 Å². The van der Waals surface area contributed by atoms with Crippen LogP contribution in [0, 0.1) is 5.92 Å². The van der Waals surface area contributed by atoms with Crippen LogP contribution in [0.4, 0.5) is 0 Å². The van der Waals surface area contributed by atoms with E-state index >= 15 is 0 Å². The van der Waals surface area contributed by atoms with Crippen molar-refractivity contribution in [2.45, 2.75) is 38.8 Å². The first kappa shape index (κ1) is 26.0. The Labute approximate surface area is 204 Å². The fourth-order valence-corrected chi connectivity index (χ4v) is 4.06. The molecule has 0 saturated carbocycles. The normalized spacial score (nSPS) is 22.4. The predicted octanol–water partition coefficient (Wildman–Crippen LogP) is -0.485. The number of para-hydroxylation sites is 1. The van der Waals surface area contributed by atoms with Crippen LogP contribution < -0.4 is 20.7 Å². The number of rotatable bonds is 3. The summed E-state index contributed by atoms with van der Waals surface area (Å²) in [7, 11) is 1.63. The molecule has 2 aliphatic rings. The molecule has 0 unspecified atom stereocenters. The molecule has 2 aliphatic heterocycles. The highest BCUT2D eigenvalue weighted by Gasteiger charge is 2.33. The van der Waals surface area contributed by atoms with E-state index in [0.717, 1.165) is 0 Å².